The topological polar surface area (TPSA) is 158 Å². The molecule has 1 atom stereocenters. The van der Waals surface area contributed by atoms with Gasteiger partial charge < -0.3 is 20.5 Å². The van der Waals surface area contributed by atoms with E-state index >= 15 is 0 Å². The number of carbonyl (C=O) groups is 3. The van der Waals surface area contributed by atoms with Crippen LogP contribution in [0.4, 0.5) is 26.3 Å². The number of nitrogens with zero attached hydrogens (tertiary/aromatic N) is 3. The van der Waals surface area contributed by atoms with E-state index in [0.717, 1.165) is 22.2 Å². The Labute approximate surface area is 237 Å². The number of aromatic amines is 1. The molecule has 0 saturated heterocycles. The van der Waals surface area contributed by atoms with Gasteiger partial charge in [0.15, 0.2) is 5.65 Å². The molecule has 0 radical (unpaired) electrons. The molecule has 10 nitrogen and oxygen atoms in total. The van der Waals surface area contributed by atoms with Crippen molar-refractivity contribution < 1.29 is 50.9 Å². The number of carboxylic acids is 2. The van der Waals surface area contributed by atoms with Gasteiger partial charge in [-0.15, -0.1) is 0 Å². The van der Waals surface area contributed by atoms with Gasteiger partial charge in [0.2, 0.25) is 5.91 Å². The third-order valence-electron chi connectivity index (χ3n) is 4.92. The summed E-state index contributed by atoms with van der Waals surface area (Å²) in [7, 11) is 0. The van der Waals surface area contributed by atoms with E-state index in [2.05, 4.69) is 25.3 Å². The van der Waals surface area contributed by atoms with Gasteiger partial charge in [-0.2, -0.15) is 26.3 Å². The number of hydrogen-bond acceptors (Lipinski definition) is 6. The van der Waals surface area contributed by atoms with Crippen LogP contribution in [0.25, 0.3) is 22.3 Å². The SMILES string of the molecule is CC(=O)N[C@H](Cc1ccc(Cl)cc1)c1nc2ncc(-c3ccncc3)cc2[nH]1.O=C(O)C(F)(F)F.O=C(O)C(F)(F)F. The number of rotatable bonds is 5. The van der Waals surface area contributed by atoms with Crippen LogP contribution in [0.5, 0.6) is 0 Å². The van der Waals surface area contributed by atoms with Crippen molar-refractivity contribution in [1.29, 1.82) is 0 Å². The molecular formula is C25H20ClF6N5O5. The molecule has 17 heteroatoms. The molecule has 1 aromatic carbocycles. The molecule has 0 fully saturated rings. The van der Waals surface area contributed by atoms with Crippen molar-refractivity contribution in [1.82, 2.24) is 25.3 Å². The third-order valence-corrected chi connectivity index (χ3v) is 5.17. The van der Waals surface area contributed by atoms with Crippen LogP contribution < -0.4 is 5.32 Å². The molecule has 42 heavy (non-hydrogen) atoms. The van der Waals surface area contributed by atoms with E-state index in [-0.39, 0.29) is 11.9 Å². The van der Waals surface area contributed by atoms with E-state index in [0.29, 0.717) is 22.9 Å². The van der Waals surface area contributed by atoms with E-state index in [1.54, 1.807) is 18.6 Å². The quantitative estimate of drug-likeness (QED) is 0.217. The van der Waals surface area contributed by atoms with Crippen LogP contribution in [-0.2, 0) is 20.8 Å². The summed E-state index contributed by atoms with van der Waals surface area (Å²) in [6.07, 6.45) is -4.30. The molecule has 4 rings (SSSR count). The van der Waals surface area contributed by atoms with E-state index in [1.165, 1.54) is 6.92 Å². The summed E-state index contributed by atoms with van der Waals surface area (Å²) >= 11 is 5.97. The summed E-state index contributed by atoms with van der Waals surface area (Å²) < 4.78 is 63.5. The van der Waals surface area contributed by atoms with Gasteiger partial charge in [-0.1, -0.05) is 23.7 Å². The zero-order valence-corrected chi connectivity index (χ0v) is 21.9. The van der Waals surface area contributed by atoms with Crippen LogP contribution in [0, 0.1) is 0 Å². The number of amides is 1. The van der Waals surface area contributed by atoms with Crippen molar-refractivity contribution in [2.24, 2.45) is 0 Å². The third kappa shape index (κ3) is 10.7. The number of fused-ring (bicyclic) bond motifs is 1. The highest BCUT2D eigenvalue weighted by molar-refractivity contribution is 6.30. The van der Waals surface area contributed by atoms with Crippen LogP contribution in [0.2, 0.25) is 5.02 Å². The lowest BCUT2D eigenvalue weighted by Gasteiger charge is -2.15. The second-order valence-corrected chi connectivity index (χ2v) is 8.58. The zero-order chi connectivity index (χ0) is 31.7. The van der Waals surface area contributed by atoms with Crippen molar-refractivity contribution in [3.05, 3.63) is 77.5 Å². The first kappa shape index (κ1) is 33.5. The maximum absolute atomic E-state index is 11.7. The molecule has 0 bridgehead atoms. The first-order valence-corrected chi connectivity index (χ1v) is 11.7. The van der Waals surface area contributed by atoms with Gasteiger partial charge in [0.25, 0.3) is 0 Å². The van der Waals surface area contributed by atoms with Crippen molar-refractivity contribution in [2.75, 3.05) is 0 Å². The highest BCUT2D eigenvalue weighted by atomic mass is 35.5. The van der Waals surface area contributed by atoms with Crippen LogP contribution in [-0.4, -0.2) is 60.3 Å². The van der Waals surface area contributed by atoms with Crippen LogP contribution in [0.1, 0.15) is 24.4 Å². The molecule has 3 aromatic heterocycles. The second kappa shape index (κ2) is 14.2. The van der Waals surface area contributed by atoms with E-state index in [9.17, 15) is 31.1 Å². The Morgan fingerprint density at radius 1 is 0.929 bits per heavy atom. The van der Waals surface area contributed by atoms with Crippen molar-refractivity contribution in [3.8, 4) is 11.1 Å². The maximum atomic E-state index is 11.7. The summed E-state index contributed by atoms with van der Waals surface area (Å²) in [6, 6.07) is 13.1. The molecule has 0 aliphatic rings. The lowest BCUT2D eigenvalue weighted by Crippen LogP contribution is -2.28. The number of benzene rings is 1. The highest BCUT2D eigenvalue weighted by Crippen LogP contribution is 2.24. The molecule has 1 amide bonds. The van der Waals surface area contributed by atoms with Gasteiger partial charge in [0.1, 0.15) is 5.82 Å². The van der Waals surface area contributed by atoms with E-state index in [1.807, 2.05) is 42.5 Å². The minimum Gasteiger partial charge on any atom is -0.475 e. The van der Waals surface area contributed by atoms with E-state index in [4.69, 9.17) is 31.4 Å². The average Bonchev–Trinajstić information content (AvgIpc) is 3.33. The van der Waals surface area contributed by atoms with Gasteiger partial charge in [-0.3, -0.25) is 9.78 Å². The zero-order valence-electron chi connectivity index (χ0n) is 21.2. The Hall–Kier alpha value is -4.73. The Bertz CT molecular complexity index is 1490. The molecule has 224 valence electrons. The van der Waals surface area contributed by atoms with Crippen LogP contribution in [0.3, 0.4) is 0 Å². The number of H-pyrrole nitrogens is 1. The number of carbonyl (C=O) groups excluding carboxylic acids is 1. The summed E-state index contributed by atoms with van der Waals surface area (Å²) in [5, 5.41) is 17.9. The van der Waals surface area contributed by atoms with Gasteiger partial charge in [-0.25, -0.2) is 19.6 Å². The summed E-state index contributed by atoms with van der Waals surface area (Å²) in [6.45, 7) is 1.50. The van der Waals surface area contributed by atoms with Crippen LogP contribution >= 0.6 is 11.6 Å². The number of halogens is 7. The molecule has 4 N–H and O–H groups in total. The monoisotopic (exact) mass is 619 g/mol. The smallest absolute Gasteiger partial charge is 0.475 e. The predicted octanol–water partition coefficient (Wildman–Crippen LogP) is 5.36. The molecule has 0 unspecified atom stereocenters. The normalized spacial score (nSPS) is 11.8. The first-order chi connectivity index (χ1) is 19.5. The maximum Gasteiger partial charge on any atom is 0.490 e. The Balaban J connectivity index is 0.000000367. The summed E-state index contributed by atoms with van der Waals surface area (Å²) in [5.41, 5.74) is 4.48. The van der Waals surface area contributed by atoms with Crippen molar-refractivity contribution >= 4 is 40.6 Å². The number of pyridine rings is 2. The number of imidazole rings is 1. The molecule has 4 aromatic rings. The van der Waals surface area contributed by atoms with Gasteiger partial charge in [0.05, 0.1) is 11.6 Å². The van der Waals surface area contributed by atoms with Crippen molar-refractivity contribution in [2.45, 2.75) is 31.7 Å². The molecule has 3 heterocycles. The van der Waals surface area contributed by atoms with E-state index < -0.39 is 24.3 Å². The molecule has 0 aliphatic carbocycles. The fraction of sp³-hybridized carbons (Fsp3) is 0.200. The molecule has 0 saturated carbocycles. The van der Waals surface area contributed by atoms with Crippen LogP contribution in [0.15, 0.2) is 61.1 Å². The standard InChI is InChI=1S/C21H18ClN5O.2C2HF3O2/c1-13(28)25-18(10-14-2-4-17(22)5-3-14)21-26-19-11-16(12-24-20(19)27-21)15-6-8-23-9-7-15;2*3-2(4,5)1(6)7/h2-9,11-12,18H,10H2,1H3,(H,25,28)(H,24,26,27);2*(H,6,7)/t18-;;/m1../s1. The largest absolute Gasteiger partial charge is 0.490 e. The first-order valence-electron chi connectivity index (χ1n) is 11.3. The number of hydrogen-bond donors (Lipinski definition) is 4. The number of alkyl halides is 6. The lowest BCUT2D eigenvalue weighted by molar-refractivity contribution is -0.193. The fourth-order valence-corrected chi connectivity index (χ4v) is 3.23. The molecular weight excluding hydrogens is 600 g/mol. The minimum atomic E-state index is -5.08. The number of aromatic nitrogens is 4. The number of aliphatic carboxylic acids is 2. The predicted molar refractivity (Wildman–Crippen MR) is 136 cm³/mol. The Morgan fingerprint density at radius 3 is 1.93 bits per heavy atom. The minimum absolute atomic E-state index is 0.121. The molecule has 0 spiro atoms. The number of carboxylic acid groups (broad SMARTS) is 2. The Morgan fingerprint density at radius 2 is 1.45 bits per heavy atom. The van der Waals surface area contributed by atoms with Gasteiger partial charge in [-0.05, 0) is 47.9 Å². The number of nitrogens with one attached hydrogen (secondary N) is 2. The Kier molecular flexibility index (Phi) is 11.4. The van der Waals surface area contributed by atoms with Gasteiger partial charge in [0, 0.05) is 36.1 Å². The van der Waals surface area contributed by atoms with Crippen molar-refractivity contribution in [3.63, 3.8) is 0 Å². The fourth-order valence-electron chi connectivity index (χ4n) is 3.10. The second-order valence-electron chi connectivity index (χ2n) is 8.14. The highest BCUT2D eigenvalue weighted by Gasteiger charge is 2.38. The average molecular weight is 620 g/mol. The summed E-state index contributed by atoms with van der Waals surface area (Å²) in [5.74, 6) is -4.97. The molecule has 0 aliphatic heterocycles. The van der Waals surface area contributed by atoms with Gasteiger partial charge >= 0.3 is 24.3 Å². The lowest BCUT2D eigenvalue weighted by atomic mass is 10.1. The summed E-state index contributed by atoms with van der Waals surface area (Å²) in [4.78, 5) is 45.9.